The summed E-state index contributed by atoms with van der Waals surface area (Å²) < 4.78 is 5.82. The van der Waals surface area contributed by atoms with E-state index in [0.717, 1.165) is 12.8 Å². The van der Waals surface area contributed by atoms with Crippen LogP contribution >= 0.6 is 0 Å². The van der Waals surface area contributed by atoms with Crippen LogP contribution in [0.4, 0.5) is 4.79 Å². The molecule has 8 heteroatoms. The van der Waals surface area contributed by atoms with Crippen molar-refractivity contribution in [1.82, 2.24) is 20.1 Å². The first-order chi connectivity index (χ1) is 12.1. The van der Waals surface area contributed by atoms with Crippen molar-refractivity contribution in [3.05, 3.63) is 24.4 Å². The molecule has 8 nitrogen and oxygen atoms in total. The molecule has 0 atom stereocenters. The number of ether oxygens (including phenoxy) is 1. The zero-order chi connectivity index (χ0) is 17.6. The lowest BCUT2D eigenvalue weighted by molar-refractivity contribution is -0.133. The number of carbonyl (C=O) groups excluding carboxylic acids is 3. The summed E-state index contributed by atoms with van der Waals surface area (Å²) in [5.74, 6) is 0.376. The number of rotatable bonds is 5. The molecule has 1 aromatic rings. The average molecular weight is 346 g/mol. The topological polar surface area (TPSA) is 91.8 Å². The predicted molar refractivity (Wildman–Crippen MR) is 88.8 cm³/mol. The molecule has 4 amide bonds. The summed E-state index contributed by atoms with van der Waals surface area (Å²) in [5.41, 5.74) is 0. The van der Waals surface area contributed by atoms with Gasteiger partial charge in [0.05, 0.1) is 0 Å². The Morgan fingerprint density at radius 3 is 2.72 bits per heavy atom. The van der Waals surface area contributed by atoms with Gasteiger partial charge in [-0.1, -0.05) is 6.07 Å². The summed E-state index contributed by atoms with van der Waals surface area (Å²) in [6, 6.07) is 5.13. The van der Waals surface area contributed by atoms with E-state index in [1.807, 2.05) is 23.1 Å². The van der Waals surface area contributed by atoms with Gasteiger partial charge in [-0.05, 0) is 6.07 Å². The molecular formula is C17H22N4O4. The molecule has 0 bridgehead atoms. The fourth-order valence-corrected chi connectivity index (χ4v) is 3.01. The number of nitrogens with one attached hydrogen (secondary N) is 1. The minimum Gasteiger partial charge on any atom is -0.474 e. The van der Waals surface area contributed by atoms with E-state index in [9.17, 15) is 14.4 Å². The van der Waals surface area contributed by atoms with Gasteiger partial charge in [-0.2, -0.15) is 0 Å². The van der Waals surface area contributed by atoms with Crippen molar-refractivity contribution in [2.24, 2.45) is 0 Å². The van der Waals surface area contributed by atoms with Crippen molar-refractivity contribution in [2.45, 2.75) is 31.8 Å². The number of hydrogen-bond donors (Lipinski definition) is 1. The Bertz CT molecular complexity index is 629. The smallest absolute Gasteiger partial charge is 0.324 e. The standard InChI is InChI=1S/C17H22N4O4/c22-14-6-11-21(17(24)19-14)12-7-16(23)20-9-4-13(5-10-20)25-15-3-1-2-8-18-15/h1-3,8,13H,4-7,9-12H2,(H,19,22,24). The number of likely N-dealkylation sites (tertiary alicyclic amines) is 1. The molecule has 1 aromatic heterocycles. The molecule has 0 aromatic carbocycles. The molecule has 0 saturated carbocycles. The maximum atomic E-state index is 12.3. The number of pyridine rings is 1. The maximum absolute atomic E-state index is 12.3. The van der Waals surface area contributed by atoms with Crippen molar-refractivity contribution in [3.63, 3.8) is 0 Å². The van der Waals surface area contributed by atoms with Crippen LogP contribution in [0.15, 0.2) is 24.4 Å². The van der Waals surface area contributed by atoms with E-state index in [2.05, 4.69) is 10.3 Å². The molecule has 2 fully saturated rings. The van der Waals surface area contributed by atoms with E-state index in [-0.39, 0.29) is 30.8 Å². The SMILES string of the molecule is O=C1CCN(CCC(=O)N2CCC(Oc3ccccn3)CC2)C(=O)N1. The molecule has 0 spiro atoms. The largest absolute Gasteiger partial charge is 0.474 e. The number of amides is 4. The fourth-order valence-electron chi connectivity index (χ4n) is 3.01. The highest BCUT2D eigenvalue weighted by Gasteiger charge is 2.26. The van der Waals surface area contributed by atoms with Crippen molar-refractivity contribution in [2.75, 3.05) is 26.2 Å². The van der Waals surface area contributed by atoms with Crippen LogP contribution in [0.3, 0.4) is 0 Å². The molecule has 134 valence electrons. The van der Waals surface area contributed by atoms with Gasteiger partial charge in [-0.15, -0.1) is 0 Å². The summed E-state index contributed by atoms with van der Waals surface area (Å²) in [4.78, 5) is 42.6. The Kier molecular flexibility index (Phi) is 5.47. The maximum Gasteiger partial charge on any atom is 0.324 e. The lowest BCUT2D eigenvalue weighted by Gasteiger charge is -2.33. The van der Waals surface area contributed by atoms with Gasteiger partial charge in [0.15, 0.2) is 0 Å². The Balaban J connectivity index is 1.39. The highest BCUT2D eigenvalue weighted by molar-refractivity contribution is 5.96. The van der Waals surface area contributed by atoms with Gasteiger partial charge in [0, 0.05) is 64.1 Å². The lowest BCUT2D eigenvalue weighted by Crippen LogP contribution is -2.50. The van der Waals surface area contributed by atoms with E-state index < -0.39 is 6.03 Å². The highest BCUT2D eigenvalue weighted by Crippen LogP contribution is 2.17. The van der Waals surface area contributed by atoms with E-state index in [1.54, 1.807) is 6.20 Å². The van der Waals surface area contributed by atoms with Crippen molar-refractivity contribution < 1.29 is 19.1 Å². The first kappa shape index (κ1) is 17.2. The van der Waals surface area contributed by atoms with Crippen molar-refractivity contribution in [1.29, 1.82) is 0 Å². The van der Waals surface area contributed by atoms with Gasteiger partial charge >= 0.3 is 6.03 Å². The number of hydrogen-bond acceptors (Lipinski definition) is 5. The van der Waals surface area contributed by atoms with Crippen LogP contribution in [0.1, 0.15) is 25.7 Å². The molecule has 2 saturated heterocycles. The molecule has 0 unspecified atom stereocenters. The van der Waals surface area contributed by atoms with E-state index >= 15 is 0 Å². The molecule has 1 N–H and O–H groups in total. The summed E-state index contributed by atoms with van der Waals surface area (Å²) >= 11 is 0. The summed E-state index contributed by atoms with van der Waals surface area (Å²) in [6.45, 7) is 1.99. The Morgan fingerprint density at radius 1 is 1.24 bits per heavy atom. The first-order valence-electron chi connectivity index (χ1n) is 8.56. The third kappa shape index (κ3) is 4.68. The predicted octanol–water partition coefficient (Wildman–Crippen LogP) is 0.783. The zero-order valence-electron chi connectivity index (χ0n) is 14.0. The minimum atomic E-state index is -0.411. The normalized spacial score (nSPS) is 18.9. The van der Waals surface area contributed by atoms with E-state index in [1.165, 1.54) is 4.90 Å². The summed E-state index contributed by atoms with van der Waals surface area (Å²) in [5, 5.41) is 2.26. The molecule has 3 rings (SSSR count). The van der Waals surface area contributed by atoms with Gasteiger partial charge in [0.1, 0.15) is 6.10 Å². The van der Waals surface area contributed by atoms with Crippen LogP contribution in [0, 0.1) is 0 Å². The van der Waals surface area contributed by atoms with Crippen molar-refractivity contribution >= 4 is 17.8 Å². The van der Waals surface area contributed by atoms with Crippen LogP contribution in [0.5, 0.6) is 5.88 Å². The fraction of sp³-hybridized carbons (Fsp3) is 0.529. The number of imide groups is 1. The number of nitrogens with zero attached hydrogens (tertiary/aromatic N) is 3. The van der Waals surface area contributed by atoms with Gasteiger partial charge in [0.2, 0.25) is 17.7 Å². The third-order valence-electron chi connectivity index (χ3n) is 4.46. The molecule has 0 aliphatic carbocycles. The van der Waals surface area contributed by atoms with Gasteiger partial charge < -0.3 is 14.5 Å². The summed E-state index contributed by atoms with van der Waals surface area (Å²) in [6.07, 6.45) is 3.85. The number of carbonyl (C=O) groups is 3. The molecule has 2 aliphatic rings. The zero-order valence-corrected chi connectivity index (χ0v) is 14.0. The van der Waals surface area contributed by atoms with Crippen LogP contribution in [-0.2, 0) is 9.59 Å². The molecule has 3 heterocycles. The lowest BCUT2D eigenvalue weighted by atomic mass is 10.1. The highest BCUT2D eigenvalue weighted by atomic mass is 16.5. The average Bonchev–Trinajstić information content (AvgIpc) is 2.62. The monoisotopic (exact) mass is 346 g/mol. The van der Waals surface area contributed by atoms with Gasteiger partial charge in [0.25, 0.3) is 0 Å². The molecule has 2 aliphatic heterocycles. The Labute approximate surface area is 146 Å². The Morgan fingerprint density at radius 2 is 2.04 bits per heavy atom. The van der Waals surface area contributed by atoms with E-state index in [0.29, 0.717) is 32.1 Å². The number of aromatic nitrogens is 1. The number of urea groups is 1. The van der Waals surface area contributed by atoms with Gasteiger partial charge in [-0.3, -0.25) is 14.9 Å². The van der Waals surface area contributed by atoms with Crippen LogP contribution in [-0.4, -0.2) is 64.9 Å². The summed E-state index contributed by atoms with van der Waals surface area (Å²) in [7, 11) is 0. The van der Waals surface area contributed by atoms with Gasteiger partial charge in [-0.25, -0.2) is 9.78 Å². The third-order valence-corrected chi connectivity index (χ3v) is 4.46. The van der Waals surface area contributed by atoms with E-state index in [4.69, 9.17) is 4.74 Å². The quantitative estimate of drug-likeness (QED) is 0.851. The second-order valence-corrected chi connectivity index (χ2v) is 6.21. The minimum absolute atomic E-state index is 0.0287. The second kappa shape index (κ2) is 7.96. The molecule has 0 radical (unpaired) electrons. The Hall–Kier alpha value is -2.64. The van der Waals surface area contributed by atoms with Crippen LogP contribution in [0.2, 0.25) is 0 Å². The second-order valence-electron chi connectivity index (χ2n) is 6.21. The molecule has 25 heavy (non-hydrogen) atoms. The number of piperidine rings is 1. The van der Waals surface area contributed by atoms with Crippen LogP contribution in [0.25, 0.3) is 0 Å². The first-order valence-corrected chi connectivity index (χ1v) is 8.56. The van der Waals surface area contributed by atoms with Crippen LogP contribution < -0.4 is 10.1 Å². The molecular weight excluding hydrogens is 324 g/mol. The van der Waals surface area contributed by atoms with Crippen molar-refractivity contribution in [3.8, 4) is 5.88 Å².